The molecule has 0 aliphatic carbocycles. The molecule has 4 amide bonds. The molecule has 0 radical (unpaired) electrons. The molecule has 33 heavy (non-hydrogen) atoms. The zero-order valence-electron chi connectivity index (χ0n) is 20.2. The van der Waals surface area contributed by atoms with Gasteiger partial charge in [0.05, 0.1) is 0 Å². The van der Waals surface area contributed by atoms with Gasteiger partial charge < -0.3 is 25.6 Å². The molecule has 0 bridgehead atoms. The topological polar surface area (TPSA) is 99.8 Å². The van der Waals surface area contributed by atoms with Crippen molar-refractivity contribution in [3.63, 3.8) is 0 Å². The summed E-state index contributed by atoms with van der Waals surface area (Å²) in [5.74, 6) is -0.221. The number of amides is 4. The molecule has 0 saturated carbocycles. The van der Waals surface area contributed by atoms with Gasteiger partial charge in [-0.3, -0.25) is 4.79 Å². The minimum Gasteiger partial charge on any atom is -0.444 e. The third kappa shape index (κ3) is 9.22. The zero-order valence-corrected chi connectivity index (χ0v) is 20.2. The molecule has 0 aromatic heterocycles. The van der Waals surface area contributed by atoms with Crippen LogP contribution < -0.4 is 16.0 Å². The number of hydrogen-bond donors (Lipinski definition) is 3. The lowest BCUT2D eigenvalue weighted by atomic mass is 10.0. The van der Waals surface area contributed by atoms with Gasteiger partial charge in [-0.25, -0.2) is 9.59 Å². The molecule has 0 aliphatic rings. The number of nitrogens with one attached hydrogen (secondary N) is 3. The van der Waals surface area contributed by atoms with E-state index >= 15 is 0 Å². The van der Waals surface area contributed by atoms with E-state index in [9.17, 15) is 14.4 Å². The van der Waals surface area contributed by atoms with E-state index in [0.717, 1.165) is 16.7 Å². The lowest BCUT2D eigenvalue weighted by molar-refractivity contribution is -0.129. The molecule has 0 aliphatic heterocycles. The summed E-state index contributed by atoms with van der Waals surface area (Å²) >= 11 is 0. The molecule has 0 spiro atoms. The number of ether oxygens (including phenoxy) is 1. The molecule has 8 nitrogen and oxygen atoms in total. The zero-order chi connectivity index (χ0) is 24.6. The molecule has 2 aromatic carbocycles. The minimum atomic E-state index is -0.620. The van der Waals surface area contributed by atoms with Crippen molar-refractivity contribution in [3.8, 4) is 11.1 Å². The summed E-state index contributed by atoms with van der Waals surface area (Å²) in [5, 5.41) is 8.07. The Morgan fingerprint density at radius 2 is 1.67 bits per heavy atom. The Bertz CT molecular complexity index is 965. The van der Waals surface area contributed by atoms with Crippen LogP contribution in [0, 0.1) is 0 Å². The van der Waals surface area contributed by atoms with Gasteiger partial charge in [-0.05, 0) is 69.5 Å². The molecule has 0 heterocycles. The third-order valence-electron chi connectivity index (χ3n) is 4.45. The van der Waals surface area contributed by atoms with Crippen molar-refractivity contribution < 1.29 is 19.1 Å². The van der Waals surface area contributed by atoms with Gasteiger partial charge in [0.15, 0.2) is 0 Å². The number of alkyl carbamates (subject to hydrolysis) is 1. The molecular weight excluding hydrogens is 420 g/mol. The largest absolute Gasteiger partial charge is 0.444 e. The van der Waals surface area contributed by atoms with E-state index in [1.54, 1.807) is 32.7 Å². The fraction of sp³-hybridized carbons (Fsp3) is 0.400. The summed E-state index contributed by atoms with van der Waals surface area (Å²) in [6, 6.07) is 15.3. The summed E-state index contributed by atoms with van der Waals surface area (Å²) in [7, 11) is 1.69. The van der Waals surface area contributed by atoms with Crippen molar-refractivity contribution in [2.45, 2.75) is 52.8 Å². The van der Waals surface area contributed by atoms with Crippen LogP contribution in [0.3, 0.4) is 0 Å². The van der Waals surface area contributed by atoms with Crippen LogP contribution in [0.5, 0.6) is 0 Å². The van der Waals surface area contributed by atoms with Crippen LogP contribution in [0.4, 0.5) is 15.3 Å². The van der Waals surface area contributed by atoms with Crippen LogP contribution in [0.15, 0.2) is 48.5 Å². The van der Waals surface area contributed by atoms with Gasteiger partial charge in [0.2, 0.25) is 5.91 Å². The normalized spacial score (nSPS) is 11.0. The van der Waals surface area contributed by atoms with Crippen molar-refractivity contribution >= 4 is 23.7 Å². The summed E-state index contributed by atoms with van der Waals surface area (Å²) in [4.78, 5) is 37.5. The van der Waals surface area contributed by atoms with Gasteiger partial charge in [0.25, 0.3) is 0 Å². The second-order valence-corrected chi connectivity index (χ2v) is 9.14. The van der Waals surface area contributed by atoms with E-state index in [0.29, 0.717) is 12.2 Å². The standard InChI is InChI=1S/C25H34N4O4/c1-17(2)27-23(31)28-21-12-10-19(11-13-21)20-9-7-8-18(14-20)16-29(6)22(30)15-26-24(32)33-25(3,4)5/h7-14,17H,15-16H2,1-6H3,(H,26,32)(H2,27,28,31). The highest BCUT2D eigenvalue weighted by molar-refractivity contribution is 5.89. The van der Waals surface area contributed by atoms with Crippen LogP contribution >= 0.6 is 0 Å². The quantitative estimate of drug-likeness (QED) is 0.578. The maximum absolute atomic E-state index is 12.4. The van der Waals surface area contributed by atoms with Crippen LogP contribution in [0.25, 0.3) is 11.1 Å². The molecule has 0 saturated heterocycles. The number of hydrogen-bond acceptors (Lipinski definition) is 4. The fourth-order valence-electron chi connectivity index (χ4n) is 2.98. The van der Waals surface area contributed by atoms with Crippen LogP contribution in [0.1, 0.15) is 40.2 Å². The number of likely N-dealkylation sites (N-methyl/N-ethyl adjacent to an activating group) is 1. The number of benzene rings is 2. The molecule has 0 fully saturated rings. The number of urea groups is 1. The molecule has 0 unspecified atom stereocenters. The maximum Gasteiger partial charge on any atom is 0.408 e. The highest BCUT2D eigenvalue weighted by Crippen LogP contribution is 2.23. The Morgan fingerprint density at radius 1 is 1.00 bits per heavy atom. The highest BCUT2D eigenvalue weighted by Gasteiger charge is 2.17. The average Bonchev–Trinajstić information content (AvgIpc) is 2.71. The number of rotatable bonds is 7. The van der Waals surface area contributed by atoms with Gasteiger partial charge in [-0.2, -0.15) is 0 Å². The van der Waals surface area contributed by atoms with Gasteiger partial charge in [-0.15, -0.1) is 0 Å². The van der Waals surface area contributed by atoms with E-state index in [4.69, 9.17) is 4.74 Å². The Kier molecular flexibility index (Phi) is 8.85. The monoisotopic (exact) mass is 454 g/mol. The van der Waals surface area contributed by atoms with Gasteiger partial charge in [0, 0.05) is 25.3 Å². The van der Waals surface area contributed by atoms with Crippen molar-refractivity contribution in [1.82, 2.24) is 15.5 Å². The molecule has 0 atom stereocenters. The Hall–Kier alpha value is -3.55. The molecule has 8 heteroatoms. The maximum atomic E-state index is 12.4. The fourth-order valence-corrected chi connectivity index (χ4v) is 2.98. The Morgan fingerprint density at radius 3 is 2.27 bits per heavy atom. The molecular formula is C25H34N4O4. The van der Waals surface area contributed by atoms with Crippen LogP contribution in [-0.4, -0.2) is 48.2 Å². The average molecular weight is 455 g/mol. The minimum absolute atomic E-state index is 0.0603. The first-order valence-corrected chi connectivity index (χ1v) is 10.9. The van der Waals surface area contributed by atoms with E-state index in [2.05, 4.69) is 16.0 Å². The SMILES string of the molecule is CC(C)NC(=O)Nc1ccc(-c2cccc(CN(C)C(=O)CNC(=O)OC(C)(C)C)c2)cc1. The lowest BCUT2D eigenvalue weighted by Crippen LogP contribution is -2.40. The molecule has 178 valence electrons. The highest BCUT2D eigenvalue weighted by atomic mass is 16.6. The predicted octanol–water partition coefficient (Wildman–Crippen LogP) is 4.37. The van der Waals surface area contributed by atoms with E-state index in [1.807, 2.05) is 62.4 Å². The van der Waals surface area contributed by atoms with Gasteiger partial charge >= 0.3 is 12.1 Å². The number of carbonyl (C=O) groups is 3. The molecule has 2 rings (SSSR count). The number of nitrogens with zero attached hydrogens (tertiary/aromatic N) is 1. The van der Waals surface area contributed by atoms with E-state index < -0.39 is 11.7 Å². The summed E-state index contributed by atoms with van der Waals surface area (Å²) < 4.78 is 5.15. The second-order valence-electron chi connectivity index (χ2n) is 9.14. The van der Waals surface area contributed by atoms with Gasteiger partial charge in [-0.1, -0.05) is 30.3 Å². The first kappa shape index (κ1) is 25.7. The van der Waals surface area contributed by atoms with Crippen molar-refractivity contribution in [2.75, 3.05) is 18.9 Å². The lowest BCUT2D eigenvalue weighted by Gasteiger charge is -2.21. The van der Waals surface area contributed by atoms with E-state index in [1.165, 1.54) is 0 Å². The molecule has 2 aromatic rings. The Labute approximate surface area is 195 Å². The van der Waals surface area contributed by atoms with Crippen LogP contribution in [-0.2, 0) is 16.1 Å². The van der Waals surface area contributed by atoms with Crippen molar-refractivity contribution in [2.24, 2.45) is 0 Å². The number of carbonyl (C=O) groups excluding carboxylic acids is 3. The second kappa shape index (κ2) is 11.4. The first-order chi connectivity index (χ1) is 15.4. The molecule has 3 N–H and O–H groups in total. The summed E-state index contributed by atoms with van der Waals surface area (Å²) in [6.45, 7) is 9.36. The predicted molar refractivity (Wildman–Crippen MR) is 130 cm³/mol. The smallest absolute Gasteiger partial charge is 0.408 e. The summed E-state index contributed by atoms with van der Waals surface area (Å²) in [6.07, 6.45) is -0.620. The van der Waals surface area contributed by atoms with Crippen molar-refractivity contribution in [3.05, 3.63) is 54.1 Å². The van der Waals surface area contributed by atoms with Crippen LogP contribution in [0.2, 0.25) is 0 Å². The number of anilines is 1. The Balaban J connectivity index is 1.95. The van der Waals surface area contributed by atoms with E-state index in [-0.39, 0.29) is 24.5 Å². The first-order valence-electron chi connectivity index (χ1n) is 10.9. The van der Waals surface area contributed by atoms with Gasteiger partial charge in [0.1, 0.15) is 12.1 Å². The summed E-state index contributed by atoms with van der Waals surface area (Å²) in [5.41, 5.74) is 3.04. The third-order valence-corrected chi connectivity index (χ3v) is 4.45. The van der Waals surface area contributed by atoms with Crippen molar-refractivity contribution in [1.29, 1.82) is 0 Å².